The molecule has 0 unspecified atom stereocenters. The minimum absolute atomic E-state index is 0.125. The number of imidazole rings is 1. The van der Waals surface area contributed by atoms with E-state index in [0.29, 0.717) is 12.3 Å². The van der Waals surface area contributed by atoms with Crippen molar-refractivity contribution in [1.29, 1.82) is 0 Å². The summed E-state index contributed by atoms with van der Waals surface area (Å²) in [4.78, 5) is 17.1. The summed E-state index contributed by atoms with van der Waals surface area (Å²) in [6.45, 7) is 2.06. The molecule has 26 heavy (non-hydrogen) atoms. The van der Waals surface area contributed by atoms with Gasteiger partial charge in [0.25, 0.3) is 0 Å². The molecule has 1 aliphatic carbocycles. The molecule has 2 aromatic heterocycles. The van der Waals surface area contributed by atoms with Gasteiger partial charge in [-0.25, -0.2) is 4.98 Å². The molecule has 4 heteroatoms. The van der Waals surface area contributed by atoms with Gasteiger partial charge in [-0.1, -0.05) is 37.5 Å². The number of hydrogen-bond donors (Lipinski definition) is 1. The number of aryl methyl sites for hydroxylation is 1. The molecule has 1 fully saturated rings. The lowest BCUT2D eigenvalue weighted by Crippen LogP contribution is -2.18. The molecule has 3 aromatic rings. The Morgan fingerprint density at radius 1 is 1.19 bits per heavy atom. The predicted octanol–water partition coefficient (Wildman–Crippen LogP) is 5.22. The van der Waals surface area contributed by atoms with Crippen LogP contribution in [0.4, 0.5) is 5.69 Å². The number of benzene rings is 1. The van der Waals surface area contributed by atoms with Gasteiger partial charge < -0.3 is 9.72 Å². The van der Waals surface area contributed by atoms with Crippen molar-refractivity contribution in [3.05, 3.63) is 54.4 Å². The number of nitrogens with zero attached hydrogens (tertiary/aromatic N) is 2. The summed E-state index contributed by atoms with van der Waals surface area (Å²) in [7, 11) is 0. The second-order valence-corrected chi connectivity index (χ2v) is 7.39. The van der Waals surface area contributed by atoms with Gasteiger partial charge in [0.05, 0.1) is 5.69 Å². The van der Waals surface area contributed by atoms with E-state index >= 15 is 0 Å². The molecule has 134 valence electrons. The van der Waals surface area contributed by atoms with Crippen molar-refractivity contribution < 1.29 is 4.79 Å². The average Bonchev–Trinajstić information content (AvgIpc) is 3.08. The van der Waals surface area contributed by atoms with Crippen LogP contribution < -0.4 is 5.32 Å². The molecule has 2 heterocycles. The first-order valence-corrected chi connectivity index (χ1v) is 9.54. The Morgan fingerprint density at radius 3 is 2.85 bits per heavy atom. The molecule has 1 aliphatic rings. The Hall–Kier alpha value is -2.62. The summed E-state index contributed by atoms with van der Waals surface area (Å²) in [5.74, 6) is 0.674. The van der Waals surface area contributed by atoms with Crippen molar-refractivity contribution in [2.24, 2.45) is 5.92 Å². The van der Waals surface area contributed by atoms with E-state index in [9.17, 15) is 4.79 Å². The number of anilines is 1. The molecular formula is C22H25N3O. The zero-order valence-electron chi connectivity index (χ0n) is 15.2. The topological polar surface area (TPSA) is 46.4 Å². The molecule has 0 spiro atoms. The second-order valence-electron chi connectivity index (χ2n) is 7.39. The third-order valence-electron chi connectivity index (χ3n) is 5.32. The van der Waals surface area contributed by atoms with Gasteiger partial charge in [0, 0.05) is 30.1 Å². The minimum atomic E-state index is 0.125. The van der Waals surface area contributed by atoms with Gasteiger partial charge in [-0.05, 0) is 49.4 Å². The highest BCUT2D eigenvalue weighted by atomic mass is 16.1. The van der Waals surface area contributed by atoms with Crippen molar-refractivity contribution in [2.45, 2.75) is 45.4 Å². The smallest absolute Gasteiger partial charge is 0.224 e. The molecule has 1 saturated carbocycles. The highest BCUT2D eigenvalue weighted by molar-refractivity contribution is 5.91. The van der Waals surface area contributed by atoms with Crippen LogP contribution in [0.1, 0.15) is 44.1 Å². The molecule has 4 rings (SSSR count). The number of amides is 1. The van der Waals surface area contributed by atoms with Crippen molar-refractivity contribution in [2.75, 3.05) is 5.32 Å². The van der Waals surface area contributed by atoms with E-state index in [4.69, 9.17) is 4.98 Å². The van der Waals surface area contributed by atoms with Crippen LogP contribution >= 0.6 is 0 Å². The van der Waals surface area contributed by atoms with Crippen LogP contribution in [0.25, 0.3) is 16.9 Å². The van der Waals surface area contributed by atoms with Crippen LogP contribution in [-0.2, 0) is 4.79 Å². The molecule has 0 bridgehead atoms. The molecule has 1 aromatic carbocycles. The number of aromatic nitrogens is 2. The standard InChI is InChI=1S/C22H25N3O/c1-16-7-6-12-25-15-20(24-22(16)25)18-10-5-11-19(14-18)23-21(26)13-17-8-3-2-4-9-17/h5-7,10-12,14-15,17H,2-4,8-9,13H2,1H3,(H,23,26). The minimum Gasteiger partial charge on any atom is -0.326 e. The molecule has 0 radical (unpaired) electrons. The number of rotatable bonds is 4. The average molecular weight is 347 g/mol. The van der Waals surface area contributed by atoms with Crippen LogP contribution in [0.5, 0.6) is 0 Å². The molecular weight excluding hydrogens is 322 g/mol. The fourth-order valence-electron chi connectivity index (χ4n) is 3.91. The van der Waals surface area contributed by atoms with Crippen molar-refractivity contribution in [3.63, 3.8) is 0 Å². The quantitative estimate of drug-likeness (QED) is 0.703. The summed E-state index contributed by atoms with van der Waals surface area (Å²) in [5, 5.41) is 3.07. The largest absolute Gasteiger partial charge is 0.326 e. The van der Waals surface area contributed by atoms with E-state index in [2.05, 4.69) is 18.3 Å². The van der Waals surface area contributed by atoms with Crippen LogP contribution in [0, 0.1) is 12.8 Å². The fraction of sp³-hybridized carbons (Fsp3) is 0.364. The number of nitrogens with one attached hydrogen (secondary N) is 1. The Kier molecular flexibility index (Phi) is 4.74. The summed E-state index contributed by atoms with van der Waals surface area (Å²) in [6.07, 6.45) is 10.9. The first kappa shape index (κ1) is 16.8. The van der Waals surface area contributed by atoms with E-state index in [1.165, 1.54) is 32.1 Å². The predicted molar refractivity (Wildman–Crippen MR) is 105 cm³/mol. The Labute approximate surface area is 154 Å². The lowest BCUT2D eigenvalue weighted by molar-refractivity contribution is -0.117. The molecule has 0 aliphatic heterocycles. The highest BCUT2D eigenvalue weighted by Crippen LogP contribution is 2.27. The lowest BCUT2D eigenvalue weighted by Gasteiger charge is -2.20. The maximum absolute atomic E-state index is 12.4. The maximum atomic E-state index is 12.4. The Bertz CT molecular complexity index is 922. The SMILES string of the molecule is Cc1cccn2cc(-c3cccc(NC(=O)CC4CCCCC4)c3)nc12. The number of fused-ring (bicyclic) bond motifs is 1. The zero-order valence-corrected chi connectivity index (χ0v) is 15.2. The van der Waals surface area contributed by atoms with Gasteiger partial charge in [-0.2, -0.15) is 0 Å². The Balaban J connectivity index is 1.50. The van der Waals surface area contributed by atoms with Gasteiger partial charge in [0.1, 0.15) is 5.65 Å². The van der Waals surface area contributed by atoms with E-state index in [0.717, 1.165) is 28.2 Å². The molecule has 4 nitrogen and oxygen atoms in total. The van der Waals surface area contributed by atoms with Gasteiger partial charge in [-0.3, -0.25) is 4.79 Å². The first-order valence-electron chi connectivity index (χ1n) is 9.54. The monoisotopic (exact) mass is 347 g/mol. The van der Waals surface area contributed by atoms with Gasteiger partial charge in [0.2, 0.25) is 5.91 Å². The van der Waals surface area contributed by atoms with Crippen LogP contribution in [0.2, 0.25) is 0 Å². The van der Waals surface area contributed by atoms with Crippen LogP contribution in [0.3, 0.4) is 0 Å². The van der Waals surface area contributed by atoms with E-state index < -0.39 is 0 Å². The van der Waals surface area contributed by atoms with E-state index in [1.807, 2.05) is 47.1 Å². The lowest BCUT2D eigenvalue weighted by atomic mass is 9.87. The van der Waals surface area contributed by atoms with Crippen LogP contribution in [-0.4, -0.2) is 15.3 Å². The number of pyridine rings is 1. The molecule has 0 atom stereocenters. The summed E-state index contributed by atoms with van der Waals surface area (Å²) < 4.78 is 2.04. The van der Waals surface area contributed by atoms with Crippen molar-refractivity contribution >= 4 is 17.2 Å². The number of hydrogen-bond acceptors (Lipinski definition) is 2. The summed E-state index contributed by atoms with van der Waals surface area (Å²) >= 11 is 0. The fourth-order valence-corrected chi connectivity index (χ4v) is 3.91. The zero-order chi connectivity index (χ0) is 17.9. The third-order valence-corrected chi connectivity index (χ3v) is 5.32. The van der Waals surface area contributed by atoms with Gasteiger partial charge in [0.15, 0.2) is 0 Å². The van der Waals surface area contributed by atoms with Gasteiger partial charge >= 0.3 is 0 Å². The summed E-state index contributed by atoms with van der Waals surface area (Å²) in [6, 6.07) is 12.1. The van der Waals surface area contributed by atoms with E-state index in [-0.39, 0.29) is 5.91 Å². The molecule has 0 saturated heterocycles. The first-order chi connectivity index (χ1) is 12.7. The number of carbonyl (C=O) groups is 1. The van der Waals surface area contributed by atoms with Crippen molar-refractivity contribution in [3.8, 4) is 11.3 Å². The maximum Gasteiger partial charge on any atom is 0.224 e. The summed E-state index contributed by atoms with van der Waals surface area (Å²) in [5.41, 5.74) is 4.90. The number of carbonyl (C=O) groups excluding carboxylic acids is 1. The van der Waals surface area contributed by atoms with E-state index in [1.54, 1.807) is 0 Å². The second kappa shape index (κ2) is 7.32. The molecule has 1 amide bonds. The third kappa shape index (κ3) is 3.64. The van der Waals surface area contributed by atoms with Gasteiger partial charge in [-0.15, -0.1) is 0 Å². The molecule has 1 N–H and O–H groups in total. The van der Waals surface area contributed by atoms with Crippen LogP contribution in [0.15, 0.2) is 48.8 Å². The highest BCUT2D eigenvalue weighted by Gasteiger charge is 2.17. The Morgan fingerprint density at radius 2 is 2.04 bits per heavy atom. The van der Waals surface area contributed by atoms with Crippen molar-refractivity contribution in [1.82, 2.24) is 9.38 Å². The normalized spacial score (nSPS) is 15.3.